The van der Waals surface area contributed by atoms with Gasteiger partial charge in [-0.1, -0.05) is 6.07 Å². The van der Waals surface area contributed by atoms with Crippen LogP contribution in [-0.2, 0) is 11.3 Å². The number of piperazine rings is 1. The van der Waals surface area contributed by atoms with E-state index in [-0.39, 0.29) is 23.5 Å². The number of hydrogen-bond donors (Lipinski definition) is 0. The van der Waals surface area contributed by atoms with E-state index < -0.39 is 0 Å². The number of rotatable bonds is 5. The number of ether oxygens (including phenoxy) is 1. The standard InChI is InChI=1S/C19H28FN3O2/c1-15(19(24)23-7-3-4-8-23)22-11-9-21(10-12-22)14-16-5-6-18(25-2)17(20)13-16/h5-6,13,15H,3-4,7-12,14H2,1-2H3. The van der Waals surface area contributed by atoms with Crippen molar-refractivity contribution in [3.8, 4) is 5.75 Å². The van der Waals surface area contributed by atoms with E-state index in [1.54, 1.807) is 12.1 Å². The molecule has 0 aromatic heterocycles. The summed E-state index contributed by atoms with van der Waals surface area (Å²) < 4.78 is 18.8. The Hall–Kier alpha value is -1.66. The molecule has 2 saturated heterocycles. The summed E-state index contributed by atoms with van der Waals surface area (Å²) in [5.41, 5.74) is 0.952. The highest BCUT2D eigenvalue weighted by Gasteiger charge is 2.29. The van der Waals surface area contributed by atoms with Gasteiger partial charge in [-0.2, -0.15) is 0 Å². The molecule has 0 radical (unpaired) electrons. The van der Waals surface area contributed by atoms with Gasteiger partial charge in [0.1, 0.15) is 0 Å². The van der Waals surface area contributed by atoms with Gasteiger partial charge < -0.3 is 9.64 Å². The molecule has 25 heavy (non-hydrogen) atoms. The van der Waals surface area contributed by atoms with Gasteiger partial charge in [-0.3, -0.25) is 14.6 Å². The number of carbonyl (C=O) groups excluding carboxylic acids is 1. The summed E-state index contributed by atoms with van der Waals surface area (Å²) in [6.45, 7) is 8.10. The number of methoxy groups -OCH3 is 1. The molecule has 5 nitrogen and oxygen atoms in total. The molecule has 0 N–H and O–H groups in total. The summed E-state index contributed by atoms with van der Waals surface area (Å²) in [4.78, 5) is 19.1. The normalized spacial score (nSPS) is 20.7. The Morgan fingerprint density at radius 2 is 1.84 bits per heavy atom. The van der Waals surface area contributed by atoms with Crippen LogP contribution in [0.4, 0.5) is 4.39 Å². The first-order chi connectivity index (χ1) is 12.1. The zero-order valence-electron chi connectivity index (χ0n) is 15.2. The van der Waals surface area contributed by atoms with E-state index in [1.807, 2.05) is 17.9 Å². The van der Waals surface area contributed by atoms with Crippen LogP contribution in [0.1, 0.15) is 25.3 Å². The summed E-state index contributed by atoms with van der Waals surface area (Å²) in [6.07, 6.45) is 2.26. The molecule has 0 aliphatic carbocycles. The first-order valence-corrected chi connectivity index (χ1v) is 9.16. The minimum Gasteiger partial charge on any atom is -0.494 e. The predicted molar refractivity (Wildman–Crippen MR) is 95.1 cm³/mol. The molecule has 0 saturated carbocycles. The lowest BCUT2D eigenvalue weighted by Gasteiger charge is -2.38. The van der Waals surface area contributed by atoms with Gasteiger partial charge in [-0.05, 0) is 37.5 Å². The molecule has 1 unspecified atom stereocenters. The Labute approximate surface area is 149 Å². The number of amides is 1. The van der Waals surface area contributed by atoms with Crippen LogP contribution in [0, 0.1) is 5.82 Å². The second kappa shape index (κ2) is 8.15. The van der Waals surface area contributed by atoms with Crippen LogP contribution >= 0.6 is 0 Å². The fourth-order valence-electron chi connectivity index (χ4n) is 3.73. The molecule has 2 fully saturated rings. The van der Waals surface area contributed by atoms with Crippen LogP contribution in [0.15, 0.2) is 18.2 Å². The summed E-state index contributed by atoms with van der Waals surface area (Å²) >= 11 is 0. The van der Waals surface area contributed by atoms with Gasteiger partial charge in [-0.25, -0.2) is 4.39 Å². The lowest BCUT2D eigenvalue weighted by atomic mass is 10.1. The van der Waals surface area contributed by atoms with Gasteiger partial charge in [0.25, 0.3) is 0 Å². The molecule has 3 rings (SSSR count). The third-order valence-corrected chi connectivity index (χ3v) is 5.35. The van der Waals surface area contributed by atoms with Crippen molar-refractivity contribution in [3.05, 3.63) is 29.6 Å². The van der Waals surface area contributed by atoms with Crippen LogP contribution in [-0.4, -0.2) is 73.0 Å². The number of hydrogen-bond acceptors (Lipinski definition) is 4. The van der Waals surface area contributed by atoms with Crippen molar-refractivity contribution < 1.29 is 13.9 Å². The van der Waals surface area contributed by atoms with Gasteiger partial charge in [0, 0.05) is 45.8 Å². The maximum Gasteiger partial charge on any atom is 0.239 e. The smallest absolute Gasteiger partial charge is 0.239 e. The second-order valence-corrected chi connectivity index (χ2v) is 6.99. The maximum atomic E-state index is 13.8. The van der Waals surface area contributed by atoms with Crippen LogP contribution < -0.4 is 4.74 Å². The number of nitrogens with zero attached hydrogens (tertiary/aromatic N) is 3. The van der Waals surface area contributed by atoms with Crippen LogP contribution in [0.5, 0.6) is 5.75 Å². The fraction of sp³-hybridized carbons (Fsp3) is 0.632. The van der Waals surface area contributed by atoms with Gasteiger partial charge in [0.05, 0.1) is 13.2 Å². The van der Waals surface area contributed by atoms with E-state index in [9.17, 15) is 9.18 Å². The van der Waals surface area contributed by atoms with Crippen LogP contribution in [0.25, 0.3) is 0 Å². The van der Waals surface area contributed by atoms with Crippen molar-refractivity contribution in [2.45, 2.75) is 32.4 Å². The second-order valence-electron chi connectivity index (χ2n) is 6.99. The molecular weight excluding hydrogens is 321 g/mol. The molecule has 2 aliphatic heterocycles. The SMILES string of the molecule is COc1ccc(CN2CCN(C(C)C(=O)N3CCCC3)CC2)cc1F. The summed E-state index contributed by atoms with van der Waals surface area (Å²) in [5.74, 6) is 0.231. The Balaban J connectivity index is 1.49. The predicted octanol–water partition coefficient (Wildman–Crippen LogP) is 1.96. The third kappa shape index (κ3) is 4.30. The number of halogens is 1. The zero-order chi connectivity index (χ0) is 17.8. The van der Waals surface area contributed by atoms with Crippen molar-refractivity contribution >= 4 is 5.91 Å². The molecule has 1 aromatic carbocycles. The van der Waals surface area contributed by atoms with Crippen LogP contribution in [0.3, 0.4) is 0 Å². The van der Waals surface area contributed by atoms with E-state index in [2.05, 4.69) is 9.80 Å². The lowest BCUT2D eigenvalue weighted by Crippen LogP contribution is -2.54. The number of likely N-dealkylation sites (tertiary alicyclic amines) is 1. The summed E-state index contributed by atoms with van der Waals surface area (Å²) in [7, 11) is 1.47. The average molecular weight is 349 g/mol. The van der Waals surface area contributed by atoms with Crippen molar-refractivity contribution in [1.29, 1.82) is 0 Å². The third-order valence-electron chi connectivity index (χ3n) is 5.35. The van der Waals surface area contributed by atoms with Crippen LogP contribution in [0.2, 0.25) is 0 Å². The zero-order valence-corrected chi connectivity index (χ0v) is 15.2. The van der Waals surface area contributed by atoms with E-state index in [4.69, 9.17) is 4.74 Å². The Morgan fingerprint density at radius 3 is 2.44 bits per heavy atom. The Bertz CT molecular complexity index is 596. The van der Waals surface area contributed by atoms with Gasteiger partial charge in [-0.15, -0.1) is 0 Å². The highest BCUT2D eigenvalue weighted by molar-refractivity contribution is 5.81. The molecule has 138 valence electrons. The molecular formula is C19H28FN3O2. The average Bonchev–Trinajstić information content (AvgIpc) is 3.16. The van der Waals surface area contributed by atoms with Crippen molar-refractivity contribution in [2.75, 3.05) is 46.4 Å². The molecule has 6 heteroatoms. The first-order valence-electron chi connectivity index (χ1n) is 9.16. The van der Waals surface area contributed by atoms with E-state index in [0.717, 1.165) is 64.2 Å². The molecule has 1 amide bonds. The van der Waals surface area contributed by atoms with Gasteiger partial charge in [0.2, 0.25) is 5.91 Å². The monoisotopic (exact) mass is 349 g/mol. The largest absolute Gasteiger partial charge is 0.494 e. The molecule has 1 aromatic rings. The molecule has 2 heterocycles. The molecule has 2 aliphatic rings. The Kier molecular flexibility index (Phi) is 5.91. The van der Waals surface area contributed by atoms with Crippen molar-refractivity contribution in [1.82, 2.24) is 14.7 Å². The van der Waals surface area contributed by atoms with Crippen molar-refractivity contribution in [3.63, 3.8) is 0 Å². The maximum absolute atomic E-state index is 13.8. The fourth-order valence-corrected chi connectivity index (χ4v) is 3.73. The quantitative estimate of drug-likeness (QED) is 0.814. The number of benzene rings is 1. The number of carbonyl (C=O) groups is 1. The summed E-state index contributed by atoms with van der Waals surface area (Å²) in [5, 5.41) is 0. The minimum atomic E-state index is -0.316. The van der Waals surface area contributed by atoms with Gasteiger partial charge in [0.15, 0.2) is 11.6 Å². The molecule has 0 bridgehead atoms. The molecule has 0 spiro atoms. The highest BCUT2D eigenvalue weighted by Crippen LogP contribution is 2.20. The first kappa shape index (κ1) is 18.1. The van der Waals surface area contributed by atoms with Gasteiger partial charge >= 0.3 is 0 Å². The Morgan fingerprint density at radius 1 is 1.16 bits per heavy atom. The van der Waals surface area contributed by atoms with Crippen molar-refractivity contribution in [2.24, 2.45) is 0 Å². The van der Waals surface area contributed by atoms with E-state index >= 15 is 0 Å². The topological polar surface area (TPSA) is 36.0 Å². The lowest BCUT2D eigenvalue weighted by molar-refractivity contribution is -0.136. The minimum absolute atomic E-state index is 0.0429. The van der Waals surface area contributed by atoms with E-state index in [1.165, 1.54) is 7.11 Å². The van der Waals surface area contributed by atoms with E-state index in [0.29, 0.717) is 0 Å². The summed E-state index contributed by atoms with van der Waals surface area (Å²) in [6, 6.07) is 5.09. The highest BCUT2D eigenvalue weighted by atomic mass is 19.1. The molecule has 1 atom stereocenters.